The predicted octanol–water partition coefficient (Wildman–Crippen LogP) is 5.23. The fourth-order valence-corrected chi connectivity index (χ4v) is 4.52. The standard InChI is InChI=1S/C23H34F3N3O2/c1-17(2)7-14-29(19-10-15-31-16-11-19)18-8-12-28(13-9-18)22(30)27-21-6-4-3-5-20(21)23(24,25)26/h3-6,17-19H,7-16H2,1-2H3,(H,27,30). The van der Waals surface area contributed by atoms with Gasteiger partial charge < -0.3 is 15.0 Å². The van der Waals surface area contributed by atoms with Crippen molar-refractivity contribution in [2.24, 2.45) is 5.92 Å². The fraction of sp³-hybridized carbons (Fsp3) is 0.696. The smallest absolute Gasteiger partial charge is 0.381 e. The molecule has 2 heterocycles. The highest BCUT2D eigenvalue weighted by Crippen LogP contribution is 2.35. The third kappa shape index (κ3) is 6.59. The highest BCUT2D eigenvalue weighted by molar-refractivity contribution is 5.90. The van der Waals surface area contributed by atoms with E-state index in [1.165, 1.54) is 18.2 Å². The van der Waals surface area contributed by atoms with E-state index in [0.717, 1.165) is 57.9 Å². The van der Waals surface area contributed by atoms with Gasteiger partial charge in [-0.2, -0.15) is 13.2 Å². The van der Waals surface area contributed by atoms with Crippen molar-refractivity contribution in [2.75, 3.05) is 38.2 Å². The maximum atomic E-state index is 13.2. The van der Waals surface area contributed by atoms with Crippen LogP contribution in [-0.4, -0.2) is 60.8 Å². The number of anilines is 1. The Bertz CT molecular complexity index is 712. The number of benzene rings is 1. The van der Waals surface area contributed by atoms with Gasteiger partial charge in [-0.25, -0.2) is 4.79 Å². The summed E-state index contributed by atoms with van der Waals surface area (Å²) in [5.74, 6) is 0.627. The van der Waals surface area contributed by atoms with Crippen LogP contribution in [0.15, 0.2) is 24.3 Å². The largest absolute Gasteiger partial charge is 0.418 e. The van der Waals surface area contributed by atoms with Gasteiger partial charge in [-0.15, -0.1) is 0 Å². The maximum absolute atomic E-state index is 13.2. The Kier molecular flexibility index (Phi) is 8.22. The van der Waals surface area contributed by atoms with Crippen molar-refractivity contribution in [1.29, 1.82) is 0 Å². The molecule has 174 valence electrons. The van der Waals surface area contributed by atoms with Crippen LogP contribution in [0, 0.1) is 5.92 Å². The predicted molar refractivity (Wildman–Crippen MR) is 115 cm³/mol. The first-order valence-corrected chi connectivity index (χ1v) is 11.3. The lowest BCUT2D eigenvalue weighted by atomic mass is 9.96. The molecule has 0 bridgehead atoms. The van der Waals surface area contributed by atoms with Crippen molar-refractivity contribution >= 4 is 11.7 Å². The van der Waals surface area contributed by atoms with E-state index in [1.807, 2.05) is 0 Å². The average molecular weight is 442 g/mol. The van der Waals surface area contributed by atoms with E-state index in [-0.39, 0.29) is 5.69 Å². The van der Waals surface area contributed by atoms with Crippen LogP contribution in [0.5, 0.6) is 0 Å². The number of ether oxygens (including phenoxy) is 1. The second kappa shape index (κ2) is 10.7. The summed E-state index contributed by atoms with van der Waals surface area (Å²) in [5.41, 5.74) is -1.01. The van der Waals surface area contributed by atoms with Crippen molar-refractivity contribution in [3.05, 3.63) is 29.8 Å². The van der Waals surface area contributed by atoms with Gasteiger partial charge in [0.2, 0.25) is 0 Å². The lowest BCUT2D eigenvalue weighted by Gasteiger charge is -2.44. The maximum Gasteiger partial charge on any atom is 0.418 e. The molecule has 2 amide bonds. The number of piperidine rings is 1. The van der Waals surface area contributed by atoms with Crippen LogP contribution in [0.1, 0.15) is 51.5 Å². The summed E-state index contributed by atoms with van der Waals surface area (Å²) in [4.78, 5) is 16.9. The van der Waals surface area contributed by atoms with Crippen molar-refractivity contribution in [2.45, 2.75) is 64.2 Å². The molecule has 0 saturated carbocycles. The fourth-order valence-electron chi connectivity index (χ4n) is 4.52. The van der Waals surface area contributed by atoms with Crippen LogP contribution in [0.4, 0.5) is 23.7 Å². The molecule has 0 unspecified atom stereocenters. The summed E-state index contributed by atoms with van der Waals surface area (Å²) in [7, 11) is 0. The van der Waals surface area contributed by atoms with Gasteiger partial charge in [-0.3, -0.25) is 4.90 Å². The van der Waals surface area contributed by atoms with Gasteiger partial charge in [0, 0.05) is 38.4 Å². The minimum Gasteiger partial charge on any atom is -0.381 e. The molecular weight excluding hydrogens is 407 g/mol. The number of hydrogen-bond donors (Lipinski definition) is 1. The van der Waals surface area contributed by atoms with Crippen molar-refractivity contribution < 1.29 is 22.7 Å². The van der Waals surface area contributed by atoms with Gasteiger partial charge in [0.05, 0.1) is 11.3 Å². The van der Waals surface area contributed by atoms with Gasteiger partial charge in [0.25, 0.3) is 0 Å². The van der Waals surface area contributed by atoms with Crippen molar-refractivity contribution in [3.8, 4) is 0 Å². The number of likely N-dealkylation sites (tertiary alicyclic amines) is 1. The summed E-state index contributed by atoms with van der Waals surface area (Å²) < 4.78 is 45.2. The highest BCUT2D eigenvalue weighted by atomic mass is 19.4. The first-order valence-electron chi connectivity index (χ1n) is 11.3. The van der Waals surface area contributed by atoms with Crippen molar-refractivity contribution in [1.82, 2.24) is 9.80 Å². The number of hydrogen-bond acceptors (Lipinski definition) is 3. The van der Waals surface area contributed by atoms with Gasteiger partial charge in [-0.1, -0.05) is 26.0 Å². The van der Waals surface area contributed by atoms with Gasteiger partial charge in [-0.05, 0) is 56.7 Å². The number of nitrogens with one attached hydrogen (secondary N) is 1. The summed E-state index contributed by atoms with van der Waals surface area (Å²) in [6.07, 6.45) is 0.372. The molecule has 3 rings (SSSR count). The van der Waals surface area contributed by atoms with Gasteiger partial charge >= 0.3 is 12.2 Å². The Morgan fingerprint density at radius 2 is 1.74 bits per heavy atom. The molecule has 31 heavy (non-hydrogen) atoms. The minimum atomic E-state index is -4.50. The molecule has 2 fully saturated rings. The second-order valence-electron chi connectivity index (χ2n) is 8.96. The SMILES string of the molecule is CC(C)CCN(C1CCOCC1)C1CCN(C(=O)Nc2ccccc2C(F)(F)F)CC1. The Morgan fingerprint density at radius 3 is 2.35 bits per heavy atom. The summed E-state index contributed by atoms with van der Waals surface area (Å²) in [6, 6.07) is 5.55. The third-order valence-corrected chi connectivity index (χ3v) is 6.32. The van der Waals surface area contributed by atoms with Crippen LogP contribution in [0.25, 0.3) is 0 Å². The number of urea groups is 1. The Morgan fingerprint density at radius 1 is 1.13 bits per heavy atom. The molecule has 0 radical (unpaired) electrons. The monoisotopic (exact) mass is 441 g/mol. The first-order chi connectivity index (χ1) is 14.8. The summed E-state index contributed by atoms with van der Waals surface area (Å²) in [6.45, 7) is 8.18. The number of carbonyl (C=O) groups is 1. The Balaban J connectivity index is 1.59. The molecule has 1 N–H and O–H groups in total. The zero-order valence-electron chi connectivity index (χ0n) is 18.5. The molecule has 1 aromatic carbocycles. The van der Waals surface area contributed by atoms with E-state index in [1.54, 1.807) is 4.90 Å². The number of alkyl halides is 3. The van der Waals surface area contributed by atoms with Crippen LogP contribution < -0.4 is 5.32 Å². The van der Waals surface area contributed by atoms with Gasteiger partial charge in [0.15, 0.2) is 0 Å². The zero-order chi connectivity index (χ0) is 22.4. The third-order valence-electron chi connectivity index (χ3n) is 6.32. The number of nitrogens with zero attached hydrogens (tertiary/aromatic N) is 2. The summed E-state index contributed by atoms with van der Waals surface area (Å²) in [5, 5.41) is 2.47. The average Bonchev–Trinajstić information content (AvgIpc) is 2.74. The number of rotatable bonds is 6. The van der Waals surface area contributed by atoms with Crippen LogP contribution in [-0.2, 0) is 10.9 Å². The molecule has 0 spiro atoms. The zero-order valence-corrected chi connectivity index (χ0v) is 18.5. The van der Waals surface area contributed by atoms with E-state index in [2.05, 4.69) is 24.1 Å². The van der Waals surface area contributed by atoms with Crippen LogP contribution in [0.2, 0.25) is 0 Å². The normalized spacial score (nSPS) is 19.3. The molecule has 1 aromatic rings. The van der Waals surface area contributed by atoms with Crippen LogP contribution >= 0.6 is 0 Å². The van der Waals surface area contributed by atoms with E-state index >= 15 is 0 Å². The van der Waals surface area contributed by atoms with E-state index < -0.39 is 17.8 Å². The van der Waals surface area contributed by atoms with E-state index in [4.69, 9.17) is 4.74 Å². The number of amides is 2. The number of halogens is 3. The second-order valence-corrected chi connectivity index (χ2v) is 8.96. The summed E-state index contributed by atoms with van der Waals surface area (Å²) >= 11 is 0. The Labute approximate surface area is 182 Å². The molecule has 8 heteroatoms. The van der Waals surface area contributed by atoms with Crippen LogP contribution in [0.3, 0.4) is 0 Å². The van der Waals surface area contributed by atoms with Gasteiger partial charge in [0.1, 0.15) is 0 Å². The molecule has 0 aromatic heterocycles. The van der Waals surface area contributed by atoms with E-state index in [0.29, 0.717) is 31.1 Å². The molecule has 0 atom stereocenters. The molecule has 2 saturated heterocycles. The minimum absolute atomic E-state index is 0.192. The quantitative estimate of drug-likeness (QED) is 0.658. The van der Waals surface area contributed by atoms with Crippen molar-refractivity contribution in [3.63, 3.8) is 0 Å². The molecule has 2 aliphatic heterocycles. The Hall–Kier alpha value is -1.80. The lowest BCUT2D eigenvalue weighted by Crippen LogP contribution is -2.52. The molecular formula is C23H34F3N3O2. The number of carbonyl (C=O) groups excluding carboxylic acids is 1. The molecule has 2 aliphatic rings. The number of para-hydroxylation sites is 1. The first kappa shape index (κ1) is 23.9. The lowest BCUT2D eigenvalue weighted by molar-refractivity contribution is -0.136. The molecule has 5 nitrogen and oxygen atoms in total. The topological polar surface area (TPSA) is 44.8 Å². The molecule has 0 aliphatic carbocycles. The van der Waals surface area contributed by atoms with E-state index in [9.17, 15) is 18.0 Å². The highest BCUT2D eigenvalue weighted by Gasteiger charge is 2.35.